The number of benzene rings is 3. The Morgan fingerprint density at radius 3 is 1.35 bits per heavy atom. The summed E-state index contributed by atoms with van der Waals surface area (Å²) in [7, 11) is -4.10. The first kappa shape index (κ1) is 33.8. The third kappa shape index (κ3) is 5.93. The first-order valence-electron chi connectivity index (χ1n) is 12.1. The fourth-order valence-corrected chi connectivity index (χ4v) is 7.48. The van der Waals surface area contributed by atoms with Crippen LogP contribution in [0.3, 0.4) is 0 Å². The monoisotopic (exact) mass is 643 g/mol. The van der Waals surface area contributed by atoms with E-state index in [2.05, 4.69) is 9.48 Å². The Bertz CT molecular complexity index is 1390. The average molecular weight is 643 g/mol. The van der Waals surface area contributed by atoms with Crippen molar-refractivity contribution in [2.24, 2.45) is 4.74 Å². The number of carbonyl (C=O) groups excluding carboxylic acids is 1. The van der Waals surface area contributed by atoms with Gasteiger partial charge >= 0.3 is 35.8 Å². The zero-order valence-corrected chi connectivity index (χ0v) is 22.7. The van der Waals surface area contributed by atoms with Gasteiger partial charge in [0.2, 0.25) is 0 Å². The summed E-state index contributed by atoms with van der Waals surface area (Å²) in [5.74, 6) is -31.2. The fraction of sp³-hybridized carbons (Fsp3) is 0.250. The molecule has 0 saturated heterocycles. The highest BCUT2D eigenvalue weighted by molar-refractivity contribution is 7.87. The van der Waals surface area contributed by atoms with Crippen LogP contribution in [0.5, 0.6) is 0 Å². The van der Waals surface area contributed by atoms with Gasteiger partial charge in [-0.05, 0) is 6.92 Å². The van der Waals surface area contributed by atoms with Crippen LogP contribution < -0.4 is 15.9 Å². The Hall–Kier alpha value is -3.67. The summed E-state index contributed by atoms with van der Waals surface area (Å²) in [6.07, 6.45) is -7.77. The van der Waals surface area contributed by atoms with Crippen LogP contribution in [0.25, 0.3) is 0 Å². The van der Waals surface area contributed by atoms with Crippen molar-refractivity contribution in [2.75, 3.05) is 6.61 Å². The van der Waals surface area contributed by atoms with Crippen molar-refractivity contribution in [3.8, 4) is 0 Å². The van der Waals surface area contributed by atoms with Crippen molar-refractivity contribution in [3.05, 3.63) is 103 Å². The summed E-state index contributed by atoms with van der Waals surface area (Å²) < 4.78 is 164. The van der Waals surface area contributed by atoms with Crippen molar-refractivity contribution in [1.29, 1.82) is 0 Å². The van der Waals surface area contributed by atoms with Crippen LogP contribution in [0.2, 0.25) is 0 Å². The molecule has 0 radical (unpaired) electrons. The second-order valence-electron chi connectivity index (χ2n) is 8.82. The molecule has 0 aliphatic rings. The largest absolute Gasteiger partial charge is 0.463 e. The second-order valence-corrected chi connectivity index (χ2v) is 11.8. The molecule has 43 heavy (non-hydrogen) atoms. The number of carbonyl (C=O) groups is 1. The van der Waals surface area contributed by atoms with Gasteiger partial charge in [-0.1, -0.05) is 91.0 Å². The SMILES string of the molecule is CCOC(=O)/C=C(\N=P(c1ccccc1)(c1ccccc1)c1ccccc1)C(F)(F)C(F)(F)C(F)(F)C(F)(F)C(F)(F)F. The van der Waals surface area contributed by atoms with Gasteiger partial charge in [0, 0.05) is 15.9 Å². The predicted molar refractivity (Wildman–Crippen MR) is 138 cm³/mol. The van der Waals surface area contributed by atoms with E-state index in [-0.39, 0.29) is 15.9 Å². The zero-order valence-electron chi connectivity index (χ0n) is 21.8. The van der Waals surface area contributed by atoms with Crippen molar-refractivity contribution >= 4 is 28.9 Å². The van der Waals surface area contributed by atoms with Gasteiger partial charge in [0.15, 0.2) is 0 Å². The molecule has 0 aliphatic carbocycles. The van der Waals surface area contributed by atoms with Gasteiger partial charge in [0.05, 0.1) is 19.7 Å². The van der Waals surface area contributed by atoms with E-state index in [1.54, 1.807) is 0 Å². The molecule has 0 spiro atoms. The molecule has 3 aromatic rings. The highest BCUT2D eigenvalue weighted by Crippen LogP contribution is 2.60. The Morgan fingerprint density at radius 2 is 1.02 bits per heavy atom. The maximum absolute atomic E-state index is 15.7. The Morgan fingerprint density at radius 1 is 0.651 bits per heavy atom. The molecule has 3 aromatic carbocycles. The van der Waals surface area contributed by atoms with E-state index in [0.29, 0.717) is 0 Å². The van der Waals surface area contributed by atoms with E-state index in [1.165, 1.54) is 97.9 Å². The van der Waals surface area contributed by atoms with Crippen LogP contribution in [-0.4, -0.2) is 42.4 Å². The smallest absolute Gasteiger partial charge is 0.460 e. The number of halogens is 11. The van der Waals surface area contributed by atoms with Crippen molar-refractivity contribution in [2.45, 2.75) is 36.8 Å². The number of hydrogen-bond donors (Lipinski definition) is 0. The molecule has 0 bridgehead atoms. The number of hydrogen-bond acceptors (Lipinski definition) is 3. The molecular formula is C28H21F11NO2P. The van der Waals surface area contributed by atoms with Gasteiger partial charge in [-0.3, -0.25) is 4.74 Å². The lowest BCUT2D eigenvalue weighted by Gasteiger charge is -2.38. The standard InChI is InChI=1S/C28H21F11NO2P/c1-2-42-23(41)18-22(24(29,30)25(31,32)26(33,34)27(35,36)28(37,38)39)40-43(19-12-6-3-7-13-19,20-14-8-4-9-15-20)21-16-10-5-11-17-21/h3-18H,2H2,1H3/b22-18-. The molecule has 0 N–H and O–H groups in total. The minimum atomic E-state index is -7.71. The van der Waals surface area contributed by atoms with Crippen molar-refractivity contribution in [1.82, 2.24) is 0 Å². The van der Waals surface area contributed by atoms with Crippen LogP contribution in [0.15, 0.2) is 108 Å². The summed E-state index contributed by atoms with van der Waals surface area (Å²) >= 11 is 0. The first-order valence-corrected chi connectivity index (χ1v) is 13.9. The molecule has 0 fully saturated rings. The lowest BCUT2D eigenvalue weighted by molar-refractivity contribution is -0.418. The second kappa shape index (κ2) is 12.1. The van der Waals surface area contributed by atoms with Crippen LogP contribution in [0, 0.1) is 0 Å². The molecule has 0 saturated carbocycles. The molecule has 3 nitrogen and oxygen atoms in total. The van der Waals surface area contributed by atoms with E-state index in [4.69, 9.17) is 0 Å². The molecule has 0 unspecified atom stereocenters. The lowest BCUT2D eigenvalue weighted by Crippen LogP contribution is -2.66. The minimum Gasteiger partial charge on any atom is -0.463 e. The Kier molecular flexibility index (Phi) is 9.55. The molecule has 0 amide bonds. The molecule has 0 atom stereocenters. The molecule has 232 valence electrons. The van der Waals surface area contributed by atoms with Crippen LogP contribution in [0.1, 0.15) is 6.92 Å². The maximum Gasteiger partial charge on any atom is 0.460 e. The number of ether oxygens (including phenoxy) is 1. The Labute approximate surface area is 238 Å². The van der Waals surface area contributed by atoms with Gasteiger partial charge in [-0.15, -0.1) is 0 Å². The highest BCUT2D eigenvalue weighted by Gasteiger charge is 2.87. The van der Waals surface area contributed by atoms with Crippen molar-refractivity contribution in [3.63, 3.8) is 0 Å². The van der Waals surface area contributed by atoms with E-state index in [0.717, 1.165) is 0 Å². The summed E-state index contributed by atoms with van der Waals surface area (Å²) in [4.78, 5) is 12.3. The molecule has 3 rings (SSSR count). The number of alkyl halides is 11. The van der Waals surface area contributed by atoms with Crippen LogP contribution in [-0.2, 0) is 9.53 Å². The molecule has 0 aliphatic heterocycles. The zero-order chi connectivity index (χ0) is 32.3. The molecule has 0 heterocycles. The van der Waals surface area contributed by atoms with E-state index < -0.39 is 61.3 Å². The lowest BCUT2D eigenvalue weighted by atomic mass is 9.96. The summed E-state index contributed by atoms with van der Waals surface area (Å²) in [5, 5.41) is 0.149. The molecular weight excluding hydrogens is 622 g/mol. The number of allylic oxidation sites excluding steroid dienone is 1. The van der Waals surface area contributed by atoms with Crippen LogP contribution >= 0.6 is 7.05 Å². The van der Waals surface area contributed by atoms with E-state index >= 15 is 8.78 Å². The summed E-state index contributed by atoms with van der Waals surface area (Å²) in [5.41, 5.74) is -2.50. The predicted octanol–water partition coefficient (Wildman–Crippen LogP) is 7.71. The molecule has 15 heteroatoms. The first-order chi connectivity index (χ1) is 19.9. The third-order valence-electron chi connectivity index (χ3n) is 6.05. The normalized spacial score (nSPS) is 13.9. The third-order valence-corrected chi connectivity index (χ3v) is 9.70. The van der Waals surface area contributed by atoms with Gasteiger partial charge in [-0.2, -0.15) is 48.3 Å². The van der Waals surface area contributed by atoms with Crippen LogP contribution in [0.4, 0.5) is 48.3 Å². The number of rotatable bonds is 10. The van der Waals surface area contributed by atoms with Gasteiger partial charge in [-0.25, -0.2) is 4.79 Å². The minimum absolute atomic E-state index is 0.0497. The topological polar surface area (TPSA) is 38.7 Å². The van der Waals surface area contributed by atoms with E-state index in [9.17, 15) is 44.3 Å². The highest BCUT2D eigenvalue weighted by atomic mass is 31.2. The summed E-state index contributed by atoms with van der Waals surface area (Å²) in [6.45, 7) is 0.631. The number of nitrogens with zero attached hydrogens (tertiary/aromatic N) is 1. The van der Waals surface area contributed by atoms with E-state index in [1.807, 2.05) is 0 Å². The average Bonchev–Trinajstić information content (AvgIpc) is 2.96. The maximum atomic E-state index is 15.7. The van der Waals surface area contributed by atoms with Crippen molar-refractivity contribution < 1.29 is 57.8 Å². The molecule has 0 aromatic heterocycles. The fourth-order valence-electron chi connectivity index (χ4n) is 3.92. The van der Waals surface area contributed by atoms with Gasteiger partial charge in [0.25, 0.3) is 0 Å². The van der Waals surface area contributed by atoms with Gasteiger partial charge in [0.1, 0.15) is 5.70 Å². The van der Waals surface area contributed by atoms with Gasteiger partial charge < -0.3 is 4.74 Å². The quantitative estimate of drug-likeness (QED) is 0.0983. The summed E-state index contributed by atoms with van der Waals surface area (Å²) in [6, 6.07) is 20.9. The Balaban J connectivity index is 2.54. The number of esters is 1.